The Labute approximate surface area is 130 Å². The average molecular weight is 303 g/mol. The molecule has 1 fully saturated rings. The summed E-state index contributed by atoms with van der Waals surface area (Å²) in [6, 6.07) is 13.6. The minimum atomic E-state index is 0.515. The van der Waals surface area contributed by atoms with Crippen LogP contribution < -0.4 is 15.4 Å². The highest BCUT2D eigenvalue weighted by Gasteiger charge is 2.16. The van der Waals surface area contributed by atoms with E-state index in [1.807, 2.05) is 36.4 Å². The second-order valence-electron chi connectivity index (χ2n) is 5.34. The van der Waals surface area contributed by atoms with Crippen LogP contribution in [-0.2, 0) is 6.61 Å². The molecule has 0 bridgehead atoms. The number of hydrogen-bond acceptors (Lipinski definition) is 3. The predicted octanol–water partition coefficient (Wildman–Crippen LogP) is 4.10. The molecule has 110 valence electrons. The van der Waals surface area contributed by atoms with Gasteiger partial charge in [-0.3, -0.25) is 0 Å². The van der Waals surface area contributed by atoms with Crippen LogP contribution in [0.15, 0.2) is 42.5 Å². The summed E-state index contributed by atoms with van der Waals surface area (Å²) >= 11 is 5.90. The molecule has 1 heterocycles. The van der Waals surface area contributed by atoms with Crippen LogP contribution in [0.25, 0.3) is 0 Å². The third kappa shape index (κ3) is 3.42. The maximum atomic E-state index is 5.99. The molecule has 1 saturated heterocycles. The molecule has 3 rings (SSSR count). The number of anilines is 2. The molecule has 2 aromatic rings. The molecule has 2 N–H and O–H groups in total. The first kappa shape index (κ1) is 14.1. The summed E-state index contributed by atoms with van der Waals surface area (Å²) in [6.45, 7) is 2.68. The average Bonchev–Trinajstić information content (AvgIpc) is 3.01. The highest BCUT2D eigenvalue weighted by atomic mass is 35.5. The van der Waals surface area contributed by atoms with Gasteiger partial charge in [0.15, 0.2) is 0 Å². The molecule has 2 aromatic carbocycles. The number of hydrogen-bond donors (Lipinski definition) is 1. The monoisotopic (exact) mass is 302 g/mol. The zero-order chi connectivity index (χ0) is 14.7. The summed E-state index contributed by atoms with van der Waals surface area (Å²) in [5.41, 5.74) is 8.85. The van der Waals surface area contributed by atoms with Gasteiger partial charge in [0.1, 0.15) is 12.4 Å². The molecule has 1 aliphatic heterocycles. The van der Waals surface area contributed by atoms with E-state index in [9.17, 15) is 0 Å². The highest BCUT2D eigenvalue weighted by Crippen LogP contribution is 2.33. The van der Waals surface area contributed by atoms with Crippen molar-refractivity contribution >= 4 is 23.0 Å². The number of benzene rings is 2. The molecular weight excluding hydrogens is 284 g/mol. The van der Waals surface area contributed by atoms with Crippen molar-refractivity contribution in [2.75, 3.05) is 23.7 Å². The number of nitrogen functional groups attached to an aromatic ring is 1. The number of nitrogens with two attached hydrogens (primary N) is 1. The van der Waals surface area contributed by atoms with Gasteiger partial charge in [-0.15, -0.1) is 0 Å². The lowest BCUT2D eigenvalue weighted by Crippen LogP contribution is -2.18. The van der Waals surface area contributed by atoms with E-state index in [4.69, 9.17) is 22.1 Å². The van der Waals surface area contributed by atoms with Crippen LogP contribution in [0.3, 0.4) is 0 Å². The normalized spacial score (nSPS) is 14.4. The first-order valence-corrected chi connectivity index (χ1v) is 7.62. The first-order chi connectivity index (χ1) is 10.2. The smallest absolute Gasteiger partial charge is 0.145 e. The lowest BCUT2D eigenvalue weighted by molar-refractivity contribution is 0.307. The molecule has 4 heteroatoms. The summed E-state index contributed by atoms with van der Waals surface area (Å²) in [5, 5.41) is 0.737. The second-order valence-corrected chi connectivity index (χ2v) is 5.77. The molecule has 0 atom stereocenters. The maximum absolute atomic E-state index is 5.99. The number of ether oxygens (including phenoxy) is 1. The summed E-state index contributed by atoms with van der Waals surface area (Å²) in [5.74, 6) is 0.854. The van der Waals surface area contributed by atoms with Crippen molar-refractivity contribution in [1.82, 2.24) is 0 Å². The van der Waals surface area contributed by atoms with Gasteiger partial charge in [0.25, 0.3) is 0 Å². The van der Waals surface area contributed by atoms with E-state index in [1.165, 1.54) is 12.8 Å². The van der Waals surface area contributed by atoms with Gasteiger partial charge in [0.2, 0.25) is 0 Å². The van der Waals surface area contributed by atoms with Crippen molar-refractivity contribution in [3.05, 3.63) is 53.1 Å². The van der Waals surface area contributed by atoms with Crippen LogP contribution in [0.5, 0.6) is 5.75 Å². The zero-order valence-electron chi connectivity index (χ0n) is 11.9. The Bertz CT molecular complexity index is 607. The van der Waals surface area contributed by atoms with Gasteiger partial charge in [-0.1, -0.05) is 23.7 Å². The van der Waals surface area contributed by atoms with E-state index < -0.39 is 0 Å². The Morgan fingerprint density at radius 1 is 1.05 bits per heavy atom. The Morgan fingerprint density at radius 3 is 2.48 bits per heavy atom. The minimum Gasteiger partial charge on any atom is -0.487 e. The van der Waals surface area contributed by atoms with Crippen LogP contribution in [-0.4, -0.2) is 13.1 Å². The number of rotatable bonds is 4. The van der Waals surface area contributed by atoms with Gasteiger partial charge in [-0.2, -0.15) is 0 Å². The van der Waals surface area contributed by atoms with Gasteiger partial charge >= 0.3 is 0 Å². The fraction of sp³-hybridized carbons (Fsp3) is 0.294. The SMILES string of the molecule is Nc1ccc(N2CCCC2)c(OCc2ccc(Cl)cc2)c1. The molecule has 0 aromatic heterocycles. The molecule has 0 aliphatic carbocycles. The molecule has 0 unspecified atom stereocenters. The van der Waals surface area contributed by atoms with Crippen LogP contribution >= 0.6 is 11.6 Å². The van der Waals surface area contributed by atoms with Crippen molar-refractivity contribution in [2.45, 2.75) is 19.4 Å². The Kier molecular flexibility index (Phi) is 4.20. The van der Waals surface area contributed by atoms with Gasteiger partial charge < -0.3 is 15.4 Å². The molecule has 1 aliphatic rings. The molecule has 0 spiro atoms. The third-order valence-electron chi connectivity index (χ3n) is 3.74. The number of halogens is 1. The van der Waals surface area contributed by atoms with Crippen LogP contribution in [0.2, 0.25) is 5.02 Å². The molecule has 0 amide bonds. The Hall–Kier alpha value is -1.87. The van der Waals surface area contributed by atoms with E-state index in [-0.39, 0.29) is 0 Å². The zero-order valence-corrected chi connectivity index (χ0v) is 12.6. The molecule has 0 radical (unpaired) electrons. The van der Waals surface area contributed by atoms with Gasteiger partial charge in [0, 0.05) is 29.9 Å². The van der Waals surface area contributed by atoms with Crippen LogP contribution in [0, 0.1) is 0 Å². The maximum Gasteiger partial charge on any atom is 0.145 e. The van der Waals surface area contributed by atoms with Crippen LogP contribution in [0.1, 0.15) is 18.4 Å². The van der Waals surface area contributed by atoms with Crippen molar-refractivity contribution in [3.63, 3.8) is 0 Å². The van der Waals surface area contributed by atoms with E-state index in [1.54, 1.807) is 0 Å². The van der Waals surface area contributed by atoms with Gasteiger partial charge in [-0.25, -0.2) is 0 Å². The summed E-state index contributed by atoms with van der Waals surface area (Å²) in [7, 11) is 0. The van der Waals surface area contributed by atoms with E-state index >= 15 is 0 Å². The van der Waals surface area contributed by atoms with E-state index in [0.29, 0.717) is 6.61 Å². The molecule has 0 saturated carbocycles. The number of nitrogens with zero attached hydrogens (tertiary/aromatic N) is 1. The summed E-state index contributed by atoms with van der Waals surface area (Å²) in [6.07, 6.45) is 2.47. The predicted molar refractivity (Wildman–Crippen MR) is 88.1 cm³/mol. The summed E-state index contributed by atoms with van der Waals surface area (Å²) < 4.78 is 5.99. The van der Waals surface area contributed by atoms with Crippen molar-refractivity contribution in [1.29, 1.82) is 0 Å². The topological polar surface area (TPSA) is 38.5 Å². The molecule has 3 nitrogen and oxygen atoms in total. The standard InChI is InChI=1S/C17H19ClN2O/c18-14-5-3-13(4-6-14)12-21-17-11-15(19)7-8-16(17)20-9-1-2-10-20/h3-8,11H,1-2,9-10,12,19H2. The quantitative estimate of drug-likeness (QED) is 0.864. The van der Waals surface area contributed by atoms with E-state index in [2.05, 4.69) is 11.0 Å². The van der Waals surface area contributed by atoms with Crippen molar-refractivity contribution in [3.8, 4) is 5.75 Å². The van der Waals surface area contributed by atoms with E-state index in [0.717, 1.165) is 40.8 Å². The highest BCUT2D eigenvalue weighted by molar-refractivity contribution is 6.30. The van der Waals surface area contributed by atoms with Crippen molar-refractivity contribution < 1.29 is 4.74 Å². The van der Waals surface area contributed by atoms with Gasteiger partial charge in [-0.05, 0) is 42.7 Å². The Morgan fingerprint density at radius 2 is 1.76 bits per heavy atom. The largest absolute Gasteiger partial charge is 0.487 e. The first-order valence-electron chi connectivity index (χ1n) is 7.24. The Balaban J connectivity index is 1.77. The fourth-order valence-electron chi connectivity index (χ4n) is 2.61. The lowest BCUT2D eigenvalue weighted by Gasteiger charge is -2.21. The second kappa shape index (κ2) is 6.27. The molecule has 21 heavy (non-hydrogen) atoms. The lowest BCUT2D eigenvalue weighted by atomic mass is 10.2. The van der Waals surface area contributed by atoms with Crippen LogP contribution in [0.4, 0.5) is 11.4 Å². The van der Waals surface area contributed by atoms with Crippen molar-refractivity contribution in [2.24, 2.45) is 0 Å². The fourth-order valence-corrected chi connectivity index (χ4v) is 2.73. The minimum absolute atomic E-state index is 0.515. The third-order valence-corrected chi connectivity index (χ3v) is 3.99. The molecular formula is C17H19ClN2O. The summed E-state index contributed by atoms with van der Waals surface area (Å²) in [4.78, 5) is 2.36. The van der Waals surface area contributed by atoms with Gasteiger partial charge in [0.05, 0.1) is 5.69 Å².